The number of carbonyl (C=O) groups excluding carboxylic acids is 1. The highest BCUT2D eigenvalue weighted by atomic mass is 32.3. The summed E-state index contributed by atoms with van der Waals surface area (Å²) in [6, 6.07) is 3.93. The van der Waals surface area contributed by atoms with Crippen molar-refractivity contribution in [1.82, 2.24) is 0 Å². The molecule has 4 nitrogen and oxygen atoms in total. The highest BCUT2D eigenvalue weighted by Gasteiger charge is 2.34. The molecule has 0 aliphatic carbocycles. The van der Waals surface area contributed by atoms with Crippen LogP contribution in [0.3, 0.4) is 0 Å². The Morgan fingerprint density at radius 1 is 1.19 bits per heavy atom. The molecule has 2 rings (SSSR count). The van der Waals surface area contributed by atoms with Gasteiger partial charge in [-0.25, -0.2) is 0 Å². The van der Waals surface area contributed by atoms with Crippen molar-refractivity contribution in [2.75, 3.05) is 17.2 Å². The molecule has 1 aliphatic rings. The van der Waals surface area contributed by atoms with Gasteiger partial charge in [-0.3, -0.25) is 4.79 Å². The average Bonchev–Trinajstić information content (AvgIpc) is 2.66. The van der Waals surface area contributed by atoms with Crippen LogP contribution in [-0.2, 0) is 21.2 Å². The molecule has 1 saturated heterocycles. The first-order valence-corrected chi connectivity index (χ1v) is 7.51. The molecule has 0 spiro atoms. The van der Waals surface area contributed by atoms with E-state index in [1.807, 2.05) is 0 Å². The number of amides is 1. The minimum absolute atomic E-state index is 0.0344. The van der Waals surface area contributed by atoms with Crippen LogP contribution in [-0.4, -0.2) is 26.6 Å². The molecule has 1 atom stereocenters. The Bertz CT molecular complexity index is 639. The highest BCUT2D eigenvalue weighted by molar-refractivity contribution is 7.86. The Balaban J connectivity index is 2.14. The van der Waals surface area contributed by atoms with Gasteiger partial charge in [0.05, 0.1) is 11.3 Å². The van der Waals surface area contributed by atoms with Gasteiger partial charge in [0.1, 0.15) is 0 Å². The minimum atomic E-state index is -4.69. The molecule has 1 aromatic rings. The summed E-state index contributed by atoms with van der Waals surface area (Å²) in [5.41, 5.74) is -0.618. The van der Waals surface area contributed by atoms with Crippen LogP contribution >= 0.6 is 0 Å². The van der Waals surface area contributed by atoms with Gasteiger partial charge in [-0.2, -0.15) is 21.6 Å². The zero-order valence-corrected chi connectivity index (χ0v) is 11.4. The molecule has 1 heterocycles. The fourth-order valence-electron chi connectivity index (χ4n) is 2.25. The third-order valence-electron chi connectivity index (χ3n) is 3.15. The van der Waals surface area contributed by atoms with E-state index < -0.39 is 39.5 Å². The minimum Gasteiger partial charge on any atom is -0.312 e. The van der Waals surface area contributed by atoms with Gasteiger partial charge in [-0.15, -0.1) is 3.89 Å². The summed E-state index contributed by atoms with van der Waals surface area (Å²) in [5, 5.41) is 0. The van der Waals surface area contributed by atoms with Crippen molar-refractivity contribution in [2.24, 2.45) is 5.92 Å². The zero-order valence-electron chi connectivity index (χ0n) is 10.6. The normalized spacial score (nSPS) is 20.1. The molecule has 21 heavy (non-hydrogen) atoms. The summed E-state index contributed by atoms with van der Waals surface area (Å²) in [6.07, 6.45) is -4.62. The third kappa shape index (κ3) is 3.93. The maximum absolute atomic E-state index is 12.6. The van der Waals surface area contributed by atoms with E-state index in [9.17, 15) is 30.3 Å². The second-order valence-corrected chi connectivity index (χ2v) is 6.24. The van der Waals surface area contributed by atoms with Crippen LogP contribution in [0.1, 0.15) is 12.0 Å². The van der Waals surface area contributed by atoms with E-state index in [1.54, 1.807) is 0 Å². The Morgan fingerprint density at radius 3 is 2.24 bits per heavy atom. The molecule has 0 N–H and O–H groups in total. The zero-order chi connectivity index (χ0) is 15.8. The lowest BCUT2D eigenvalue weighted by molar-refractivity contribution is -0.137. The first-order valence-electron chi connectivity index (χ1n) is 5.96. The first kappa shape index (κ1) is 15.7. The average molecular weight is 325 g/mol. The predicted molar refractivity (Wildman–Crippen MR) is 66.8 cm³/mol. The van der Waals surface area contributed by atoms with Gasteiger partial charge in [0.2, 0.25) is 5.91 Å². The lowest BCUT2D eigenvalue weighted by Crippen LogP contribution is -2.25. The summed E-state index contributed by atoms with van der Waals surface area (Å²) in [7, 11) is -4.69. The van der Waals surface area contributed by atoms with Crippen molar-refractivity contribution >= 4 is 21.8 Å². The molecular weight excluding hydrogens is 314 g/mol. The monoisotopic (exact) mass is 325 g/mol. The van der Waals surface area contributed by atoms with Crippen LogP contribution in [0.15, 0.2) is 24.3 Å². The molecular formula is C12H11F4NO3S. The largest absolute Gasteiger partial charge is 0.416 e. The fraction of sp³-hybridized carbons (Fsp3) is 0.417. The number of hydrogen-bond acceptors (Lipinski definition) is 3. The van der Waals surface area contributed by atoms with Gasteiger partial charge in [0, 0.05) is 24.6 Å². The number of rotatable bonds is 3. The maximum Gasteiger partial charge on any atom is 0.416 e. The third-order valence-corrected chi connectivity index (χ3v) is 4.02. The summed E-state index contributed by atoms with van der Waals surface area (Å²) >= 11 is 0. The molecule has 1 unspecified atom stereocenters. The molecule has 0 saturated carbocycles. The van der Waals surface area contributed by atoms with Crippen LogP contribution < -0.4 is 4.90 Å². The molecule has 0 bridgehead atoms. The maximum atomic E-state index is 12.6. The Labute approximate surface area is 118 Å². The van der Waals surface area contributed by atoms with Gasteiger partial charge < -0.3 is 4.90 Å². The highest BCUT2D eigenvalue weighted by Crippen LogP contribution is 2.32. The molecule has 9 heteroatoms. The van der Waals surface area contributed by atoms with E-state index in [2.05, 4.69) is 0 Å². The van der Waals surface area contributed by atoms with Gasteiger partial charge in [-0.1, -0.05) is 0 Å². The topological polar surface area (TPSA) is 54.5 Å². The van der Waals surface area contributed by atoms with E-state index in [-0.39, 0.29) is 18.7 Å². The van der Waals surface area contributed by atoms with Crippen molar-refractivity contribution in [3.8, 4) is 0 Å². The molecule has 1 aliphatic heterocycles. The molecule has 0 radical (unpaired) electrons. The molecule has 0 aromatic heterocycles. The van der Waals surface area contributed by atoms with Crippen molar-refractivity contribution < 1.29 is 30.3 Å². The van der Waals surface area contributed by atoms with Gasteiger partial charge >= 0.3 is 16.4 Å². The van der Waals surface area contributed by atoms with E-state index >= 15 is 0 Å². The number of halogens is 4. The Kier molecular flexibility index (Phi) is 3.96. The van der Waals surface area contributed by atoms with E-state index in [0.717, 1.165) is 29.2 Å². The standard InChI is InChI=1S/C12H11F4NO3S/c13-12(14,15)9-1-3-10(4-2-9)17-6-8(5-11(17)18)7-21(16,19)20/h1-4,8H,5-7H2. The van der Waals surface area contributed by atoms with Crippen molar-refractivity contribution in [2.45, 2.75) is 12.6 Å². The summed E-state index contributed by atoms with van der Waals surface area (Å²) < 4.78 is 71.0. The number of carbonyl (C=O) groups is 1. The molecule has 116 valence electrons. The van der Waals surface area contributed by atoms with Crippen LogP contribution in [0.25, 0.3) is 0 Å². The number of nitrogens with zero attached hydrogens (tertiary/aromatic N) is 1. The second-order valence-electron chi connectivity index (χ2n) is 4.82. The quantitative estimate of drug-likeness (QED) is 0.633. The first-order chi connectivity index (χ1) is 9.56. The van der Waals surface area contributed by atoms with Crippen LogP contribution in [0.5, 0.6) is 0 Å². The Hall–Kier alpha value is -1.64. The fourth-order valence-corrected chi connectivity index (χ4v) is 3.04. The summed E-state index contributed by atoms with van der Waals surface area (Å²) in [4.78, 5) is 12.9. The number of anilines is 1. The van der Waals surface area contributed by atoms with E-state index in [0.29, 0.717) is 0 Å². The van der Waals surface area contributed by atoms with Crippen molar-refractivity contribution in [3.63, 3.8) is 0 Å². The van der Waals surface area contributed by atoms with Gasteiger partial charge in [0.15, 0.2) is 0 Å². The van der Waals surface area contributed by atoms with Gasteiger partial charge in [-0.05, 0) is 24.3 Å². The van der Waals surface area contributed by atoms with Crippen LogP contribution in [0, 0.1) is 5.92 Å². The van der Waals surface area contributed by atoms with Crippen LogP contribution in [0.4, 0.5) is 22.7 Å². The summed E-state index contributed by atoms with van der Waals surface area (Å²) in [5.74, 6) is -1.91. The molecule has 1 fully saturated rings. The summed E-state index contributed by atoms with van der Waals surface area (Å²) in [6.45, 7) is -0.0344. The Morgan fingerprint density at radius 2 is 1.76 bits per heavy atom. The smallest absolute Gasteiger partial charge is 0.312 e. The van der Waals surface area contributed by atoms with Gasteiger partial charge in [0.25, 0.3) is 0 Å². The predicted octanol–water partition coefficient (Wildman–Crippen LogP) is 2.36. The lowest BCUT2D eigenvalue weighted by atomic mass is 10.1. The van der Waals surface area contributed by atoms with E-state index in [1.165, 1.54) is 0 Å². The van der Waals surface area contributed by atoms with Crippen LogP contribution in [0.2, 0.25) is 0 Å². The number of hydrogen-bond donors (Lipinski definition) is 0. The van der Waals surface area contributed by atoms with E-state index in [4.69, 9.17) is 0 Å². The SMILES string of the molecule is O=C1CC(CS(=O)(=O)F)CN1c1ccc(C(F)(F)F)cc1. The second kappa shape index (κ2) is 5.28. The number of alkyl halides is 3. The van der Waals surface area contributed by atoms with Crippen molar-refractivity contribution in [1.29, 1.82) is 0 Å². The molecule has 1 amide bonds. The lowest BCUT2D eigenvalue weighted by Gasteiger charge is -2.17. The van der Waals surface area contributed by atoms with Crippen molar-refractivity contribution in [3.05, 3.63) is 29.8 Å². The number of benzene rings is 1. The molecule has 1 aromatic carbocycles.